The molecule has 0 amide bonds. The average Bonchev–Trinajstić information content (AvgIpc) is 2.28. The maximum absolute atomic E-state index is 9.49. The Labute approximate surface area is 105 Å². The van der Waals surface area contributed by atoms with Crippen molar-refractivity contribution >= 4 is 0 Å². The van der Waals surface area contributed by atoms with E-state index in [0.717, 1.165) is 19.4 Å². The average molecular weight is 235 g/mol. The zero-order valence-corrected chi connectivity index (χ0v) is 11.5. The Morgan fingerprint density at radius 3 is 2.59 bits per heavy atom. The first-order valence-electron chi connectivity index (χ1n) is 6.53. The Bertz CT molecular complexity index is 349. The smallest absolute Gasteiger partial charge is 0.0549 e. The van der Waals surface area contributed by atoms with Crippen LogP contribution in [0.3, 0.4) is 0 Å². The number of aliphatic hydroxyl groups excluding tert-OH is 1. The van der Waals surface area contributed by atoms with Crippen LogP contribution in [0.25, 0.3) is 0 Å². The molecule has 0 heterocycles. The number of nitrogens with one attached hydrogen (secondary N) is 1. The van der Waals surface area contributed by atoms with Gasteiger partial charge in [0.2, 0.25) is 0 Å². The van der Waals surface area contributed by atoms with Gasteiger partial charge in [0.1, 0.15) is 0 Å². The van der Waals surface area contributed by atoms with Crippen molar-refractivity contribution in [2.75, 3.05) is 6.54 Å². The predicted octanol–water partition coefficient (Wildman–Crippen LogP) is 3.12. The lowest BCUT2D eigenvalue weighted by molar-refractivity contribution is 0.159. The molecule has 2 heteroatoms. The summed E-state index contributed by atoms with van der Waals surface area (Å²) >= 11 is 0. The highest BCUT2D eigenvalue weighted by atomic mass is 16.3. The number of hydrogen-bond donors (Lipinski definition) is 2. The molecule has 1 aromatic rings. The van der Waals surface area contributed by atoms with E-state index < -0.39 is 0 Å². The van der Waals surface area contributed by atoms with Crippen LogP contribution in [-0.4, -0.2) is 17.8 Å². The molecule has 1 aromatic carbocycles. The molecular formula is C15H25NO. The molecule has 0 aliphatic carbocycles. The molecule has 0 radical (unpaired) electrons. The van der Waals surface area contributed by atoms with Crippen LogP contribution in [0.1, 0.15) is 49.4 Å². The number of benzene rings is 1. The zero-order valence-electron chi connectivity index (χ0n) is 11.5. The van der Waals surface area contributed by atoms with Gasteiger partial charge in [-0.25, -0.2) is 0 Å². The molecule has 0 aliphatic heterocycles. The van der Waals surface area contributed by atoms with Crippen LogP contribution in [0.15, 0.2) is 18.2 Å². The molecule has 0 spiro atoms. The molecule has 0 aliphatic rings. The van der Waals surface area contributed by atoms with Crippen molar-refractivity contribution in [1.29, 1.82) is 0 Å². The van der Waals surface area contributed by atoms with E-state index in [1.54, 1.807) is 0 Å². The molecule has 2 atom stereocenters. The normalized spacial score (nSPS) is 14.6. The van der Waals surface area contributed by atoms with E-state index in [4.69, 9.17) is 0 Å². The van der Waals surface area contributed by atoms with E-state index in [1.807, 2.05) is 6.92 Å². The molecule has 1 rings (SSSR count). The topological polar surface area (TPSA) is 32.3 Å². The van der Waals surface area contributed by atoms with Crippen LogP contribution < -0.4 is 5.32 Å². The zero-order chi connectivity index (χ0) is 12.8. The molecule has 0 saturated carbocycles. The summed E-state index contributed by atoms with van der Waals surface area (Å²) in [6.07, 6.45) is 1.49. The summed E-state index contributed by atoms with van der Waals surface area (Å²) in [7, 11) is 0. The quantitative estimate of drug-likeness (QED) is 0.794. The van der Waals surface area contributed by atoms with Gasteiger partial charge in [0.25, 0.3) is 0 Å². The Balaban J connectivity index is 2.49. The maximum atomic E-state index is 9.49. The van der Waals surface area contributed by atoms with Crippen LogP contribution in [-0.2, 0) is 0 Å². The third-order valence-electron chi connectivity index (χ3n) is 3.29. The van der Waals surface area contributed by atoms with E-state index in [2.05, 4.69) is 44.3 Å². The first kappa shape index (κ1) is 14.2. The minimum Gasteiger partial charge on any atom is -0.393 e. The van der Waals surface area contributed by atoms with Gasteiger partial charge in [-0.05, 0) is 51.3 Å². The van der Waals surface area contributed by atoms with Crippen LogP contribution in [0.2, 0.25) is 0 Å². The highest BCUT2D eigenvalue weighted by Gasteiger charge is 2.08. The number of hydrogen-bond acceptors (Lipinski definition) is 2. The van der Waals surface area contributed by atoms with Gasteiger partial charge in [-0.2, -0.15) is 0 Å². The second-order valence-electron chi connectivity index (χ2n) is 4.89. The van der Waals surface area contributed by atoms with Crippen LogP contribution >= 0.6 is 0 Å². The highest BCUT2D eigenvalue weighted by molar-refractivity contribution is 5.32. The Kier molecular flexibility index (Phi) is 5.66. The molecule has 2 unspecified atom stereocenters. The highest BCUT2D eigenvalue weighted by Crippen LogP contribution is 2.18. The molecule has 2 N–H and O–H groups in total. The van der Waals surface area contributed by atoms with Crippen molar-refractivity contribution in [2.45, 2.75) is 52.7 Å². The summed E-state index contributed by atoms with van der Waals surface area (Å²) < 4.78 is 0. The number of aryl methyl sites for hydroxylation is 2. The lowest BCUT2D eigenvalue weighted by Crippen LogP contribution is -2.23. The minimum absolute atomic E-state index is 0.172. The second kappa shape index (κ2) is 6.77. The first-order chi connectivity index (χ1) is 8.04. The van der Waals surface area contributed by atoms with Crippen molar-refractivity contribution in [3.63, 3.8) is 0 Å². The summed E-state index contributed by atoms with van der Waals surface area (Å²) in [6, 6.07) is 6.91. The van der Waals surface area contributed by atoms with Crippen LogP contribution in [0, 0.1) is 13.8 Å². The summed E-state index contributed by atoms with van der Waals surface area (Å²) in [5.41, 5.74) is 3.99. The number of rotatable bonds is 6. The first-order valence-corrected chi connectivity index (χ1v) is 6.53. The van der Waals surface area contributed by atoms with E-state index in [-0.39, 0.29) is 6.10 Å². The molecular weight excluding hydrogens is 210 g/mol. The second-order valence-corrected chi connectivity index (χ2v) is 4.89. The van der Waals surface area contributed by atoms with Crippen molar-refractivity contribution in [1.82, 2.24) is 5.32 Å². The summed E-state index contributed by atoms with van der Waals surface area (Å²) in [4.78, 5) is 0. The lowest BCUT2D eigenvalue weighted by Gasteiger charge is -2.18. The molecule has 0 bridgehead atoms. The van der Waals surface area contributed by atoms with Gasteiger partial charge in [0.05, 0.1) is 6.10 Å². The van der Waals surface area contributed by atoms with Gasteiger partial charge < -0.3 is 10.4 Å². The molecule has 0 aromatic heterocycles. The fraction of sp³-hybridized carbons (Fsp3) is 0.600. The summed E-state index contributed by atoms with van der Waals surface area (Å²) in [5.74, 6) is 0. The maximum Gasteiger partial charge on any atom is 0.0549 e. The molecule has 96 valence electrons. The summed E-state index contributed by atoms with van der Waals surface area (Å²) in [6.45, 7) is 9.32. The van der Waals surface area contributed by atoms with Gasteiger partial charge in [0.15, 0.2) is 0 Å². The third kappa shape index (κ3) is 4.49. The monoisotopic (exact) mass is 235 g/mol. The molecule has 0 saturated heterocycles. The van der Waals surface area contributed by atoms with E-state index in [0.29, 0.717) is 6.04 Å². The largest absolute Gasteiger partial charge is 0.393 e. The number of aliphatic hydroxyl groups is 1. The fourth-order valence-electron chi connectivity index (χ4n) is 2.09. The van der Waals surface area contributed by atoms with Crippen LogP contribution in [0.5, 0.6) is 0 Å². The van der Waals surface area contributed by atoms with Gasteiger partial charge in [-0.15, -0.1) is 0 Å². The van der Waals surface area contributed by atoms with E-state index in [1.165, 1.54) is 16.7 Å². The van der Waals surface area contributed by atoms with Crippen molar-refractivity contribution in [3.8, 4) is 0 Å². The van der Waals surface area contributed by atoms with Crippen LogP contribution in [0.4, 0.5) is 0 Å². The summed E-state index contributed by atoms with van der Waals surface area (Å²) in [5, 5.41) is 13.0. The molecule has 2 nitrogen and oxygen atoms in total. The SMILES string of the molecule is CCC(O)CCNC(C)c1ccc(C)cc1C. The molecule has 0 fully saturated rings. The fourth-order valence-corrected chi connectivity index (χ4v) is 2.09. The van der Waals surface area contributed by atoms with E-state index in [9.17, 15) is 5.11 Å². The molecule has 17 heavy (non-hydrogen) atoms. The predicted molar refractivity (Wildman–Crippen MR) is 73.2 cm³/mol. The Hall–Kier alpha value is -0.860. The van der Waals surface area contributed by atoms with Gasteiger partial charge in [0, 0.05) is 6.04 Å². The van der Waals surface area contributed by atoms with Gasteiger partial charge >= 0.3 is 0 Å². The Morgan fingerprint density at radius 2 is 2.00 bits per heavy atom. The van der Waals surface area contributed by atoms with Crippen molar-refractivity contribution in [3.05, 3.63) is 34.9 Å². The minimum atomic E-state index is -0.172. The Morgan fingerprint density at radius 1 is 1.29 bits per heavy atom. The van der Waals surface area contributed by atoms with Gasteiger partial charge in [-0.1, -0.05) is 30.7 Å². The standard InChI is InChI=1S/C15H25NO/c1-5-14(17)8-9-16-13(4)15-7-6-11(2)10-12(15)3/h6-7,10,13-14,16-17H,5,8-9H2,1-4H3. The third-order valence-corrected chi connectivity index (χ3v) is 3.29. The van der Waals surface area contributed by atoms with Crippen molar-refractivity contribution < 1.29 is 5.11 Å². The van der Waals surface area contributed by atoms with E-state index >= 15 is 0 Å². The van der Waals surface area contributed by atoms with Crippen molar-refractivity contribution in [2.24, 2.45) is 0 Å². The van der Waals surface area contributed by atoms with Gasteiger partial charge in [-0.3, -0.25) is 0 Å². The lowest BCUT2D eigenvalue weighted by atomic mass is 10.00.